The second-order valence-electron chi connectivity index (χ2n) is 5.95. The maximum atomic E-state index is 12.8. The van der Waals surface area contributed by atoms with Gasteiger partial charge in [0.1, 0.15) is 11.3 Å². The minimum Gasteiger partial charge on any atom is -0.362 e. The highest BCUT2D eigenvalue weighted by Crippen LogP contribution is 2.25. The standard InChI is InChI=1S/C16H17N5O3/c1-9-7-21(8-13(23-9)15-18-10(2)20-24-15)16(22)12-6-11-4-3-5-17-14(11)19-12/h3-6,9,13H,7-8H2,1-2H3,(H,17,19)/t9-,13-/m1/s1. The molecule has 8 heteroatoms. The Morgan fingerprint density at radius 1 is 1.42 bits per heavy atom. The van der Waals surface area contributed by atoms with Crippen LogP contribution in [0.5, 0.6) is 0 Å². The number of hydrogen-bond donors (Lipinski definition) is 1. The Morgan fingerprint density at radius 2 is 2.29 bits per heavy atom. The molecule has 0 unspecified atom stereocenters. The van der Waals surface area contributed by atoms with E-state index in [0.29, 0.717) is 36.1 Å². The van der Waals surface area contributed by atoms with Crippen LogP contribution in [0.1, 0.15) is 35.2 Å². The number of aromatic amines is 1. The molecule has 1 aliphatic rings. The second-order valence-corrected chi connectivity index (χ2v) is 5.95. The zero-order chi connectivity index (χ0) is 16.7. The number of H-pyrrole nitrogens is 1. The monoisotopic (exact) mass is 327 g/mol. The molecular weight excluding hydrogens is 310 g/mol. The van der Waals surface area contributed by atoms with Gasteiger partial charge in [-0.3, -0.25) is 4.79 Å². The highest BCUT2D eigenvalue weighted by molar-refractivity contribution is 5.97. The van der Waals surface area contributed by atoms with Gasteiger partial charge in [-0.1, -0.05) is 5.16 Å². The number of carbonyl (C=O) groups is 1. The minimum absolute atomic E-state index is 0.0932. The normalized spacial score (nSPS) is 21.3. The predicted molar refractivity (Wildman–Crippen MR) is 84.3 cm³/mol. The van der Waals surface area contributed by atoms with Crippen LogP contribution in [-0.2, 0) is 4.74 Å². The molecule has 1 fully saturated rings. The fraction of sp³-hybridized carbons (Fsp3) is 0.375. The van der Waals surface area contributed by atoms with Gasteiger partial charge in [0.25, 0.3) is 11.8 Å². The Hall–Kier alpha value is -2.74. The highest BCUT2D eigenvalue weighted by atomic mass is 16.5. The lowest BCUT2D eigenvalue weighted by molar-refractivity contribution is -0.0811. The number of amides is 1. The third kappa shape index (κ3) is 2.65. The predicted octanol–water partition coefficient (Wildman–Crippen LogP) is 1.86. The number of fused-ring (bicyclic) bond motifs is 1. The van der Waals surface area contributed by atoms with E-state index in [1.54, 1.807) is 18.0 Å². The first-order chi connectivity index (χ1) is 11.6. The van der Waals surface area contributed by atoms with E-state index in [0.717, 1.165) is 5.39 Å². The van der Waals surface area contributed by atoms with Crippen molar-refractivity contribution in [2.45, 2.75) is 26.1 Å². The number of carbonyl (C=O) groups excluding carboxylic acids is 1. The molecule has 0 bridgehead atoms. The summed E-state index contributed by atoms with van der Waals surface area (Å²) in [5.41, 5.74) is 1.21. The van der Waals surface area contributed by atoms with Crippen LogP contribution in [-0.4, -0.2) is 50.1 Å². The molecule has 1 amide bonds. The lowest BCUT2D eigenvalue weighted by Gasteiger charge is -2.35. The molecule has 8 nitrogen and oxygen atoms in total. The van der Waals surface area contributed by atoms with Gasteiger partial charge in [0.2, 0.25) is 0 Å². The summed E-state index contributed by atoms with van der Waals surface area (Å²) in [5.74, 6) is 0.853. The number of ether oxygens (including phenoxy) is 1. The van der Waals surface area contributed by atoms with Crippen molar-refractivity contribution in [1.29, 1.82) is 0 Å². The third-order valence-electron chi connectivity index (χ3n) is 3.99. The SMILES string of the molecule is Cc1noc([C@H]2CN(C(=O)c3cc4cccnc4[nH]3)C[C@@H](C)O2)n1. The average molecular weight is 327 g/mol. The maximum absolute atomic E-state index is 12.8. The second kappa shape index (κ2) is 5.72. The first-order valence-corrected chi connectivity index (χ1v) is 7.79. The summed E-state index contributed by atoms with van der Waals surface area (Å²) < 4.78 is 11.0. The van der Waals surface area contributed by atoms with Gasteiger partial charge in [-0.15, -0.1) is 0 Å². The van der Waals surface area contributed by atoms with Crippen LogP contribution >= 0.6 is 0 Å². The van der Waals surface area contributed by atoms with E-state index in [2.05, 4.69) is 20.1 Å². The first kappa shape index (κ1) is 14.8. The topological polar surface area (TPSA) is 97.1 Å². The van der Waals surface area contributed by atoms with Gasteiger partial charge in [-0.05, 0) is 32.0 Å². The van der Waals surface area contributed by atoms with Crippen molar-refractivity contribution in [3.63, 3.8) is 0 Å². The molecule has 0 saturated carbocycles. The fourth-order valence-corrected chi connectivity index (χ4v) is 2.94. The van der Waals surface area contributed by atoms with Crippen LogP contribution in [0.15, 0.2) is 28.9 Å². The van der Waals surface area contributed by atoms with E-state index in [-0.39, 0.29) is 12.0 Å². The smallest absolute Gasteiger partial charge is 0.270 e. The van der Waals surface area contributed by atoms with Crippen LogP contribution in [0.25, 0.3) is 11.0 Å². The average Bonchev–Trinajstić information content (AvgIpc) is 3.19. The molecule has 0 spiro atoms. The summed E-state index contributed by atoms with van der Waals surface area (Å²) >= 11 is 0. The van der Waals surface area contributed by atoms with Gasteiger partial charge < -0.3 is 19.1 Å². The van der Waals surface area contributed by atoms with Crippen molar-refractivity contribution < 1.29 is 14.1 Å². The van der Waals surface area contributed by atoms with Gasteiger partial charge in [0, 0.05) is 18.1 Å². The Labute approximate surface area is 137 Å². The number of morpholine rings is 1. The summed E-state index contributed by atoms with van der Waals surface area (Å²) in [4.78, 5) is 26.1. The Bertz CT molecular complexity index is 854. The minimum atomic E-state index is -0.415. The fourth-order valence-electron chi connectivity index (χ4n) is 2.94. The lowest BCUT2D eigenvalue weighted by atomic mass is 10.2. The van der Waals surface area contributed by atoms with Gasteiger partial charge in [0.05, 0.1) is 12.6 Å². The zero-order valence-corrected chi connectivity index (χ0v) is 13.4. The van der Waals surface area contributed by atoms with Crippen molar-refractivity contribution in [3.8, 4) is 0 Å². The number of nitrogens with zero attached hydrogens (tertiary/aromatic N) is 4. The molecule has 0 radical (unpaired) electrons. The zero-order valence-electron chi connectivity index (χ0n) is 13.4. The Kier molecular flexibility index (Phi) is 3.53. The number of aromatic nitrogens is 4. The van der Waals surface area contributed by atoms with E-state index in [1.807, 2.05) is 25.1 Å². The van der Waals surface area contributed by atoms with Crippen molar-refractivity contribution in [3.05, 3.63) is 41.8 Å². The Balaban J connectivity index is 1.58. The summed E-state index contributed by atoms with van der Waals surface area (Å²) in [7, 11) is 0. The largest absolute Gasteiger partial charge is 0.362 e. The molecule has 2 atom stereocenters. The van der Waals surface area contributed by atoms with Crippen molar-refractivity contribution in [2.75, 3.05) is 13.1 Å². The molecule has 1 saturated heterocycles. The van der Waals surface area contributed by atoms with Crippen LogP contribution in [0.2, 0.25) is 0 Å². The van der Waals surface area contributed by atoms with E-state index in [9.17, 15) is 4.79 Å². The lowest BCUT2D eigenvalue weighted by Crippen LogP contribution is -2.46. The summed E-state index contributed by atoms with van der Waals surface area (Å²) in [6, 6.07) is 5.58. The summed E-state index contributed by atoms with van der Waals surface area (Å²) in [6.07, 6.45) is 1.15. The maximum Gasteiger partial charge on any atom is 0.270 e. The molecule has 3 aromatic heterocycles. The quantitative estimate of drug-likeness (QED) is 0.771. The van der Waals surface area contributed by atoms with Crippen molar-refractivity contribution in [2.24, 2.45) is 0 Å². The Morgan fingerprint density at radius 3 is 3.04 bits per heavy atom. The number of rotatable bonds is 2. The van der Waals surface area contributed by atoms with E-state index >= 15 is 0 Å². The number of nitrogens with one attached hydrogen (secondary N) is 1. The molecule has 4 heterocycles. The van der Waals surface area contributed by atoms with E-state index < -0.39 is 6.10 Å². The number of hydrogen-bond acceptors (Lipinski definition) is 6. The van der Waals surface area contributed by atoms with E-state index in [1.165, 1.54) is 0 Å². The van der Waals surface area contributed by atoms with Crippen LogP contribution in [0, 0.1) is 6.92 Å². The van der Waals surface area contributed by atoms with Gasteiger partial charge in [0.15, 0.2) is 11.9 Å². The molecule has 1 aliphatic heterocycles. The molecular formula is C16H17N5O3. The molecule has 1 N–H and O–H groups in total. The summed E-state index contributed by atoms with van der Waals surface area (Å²) in [5, 5.41) is 4.70. The number of aryl methyl sites for hydroxylation is 1. The third-order valence-corrected chi connectivity index (χ3v) is 3.99. The molecule has 0 aromatic carbocycles. The number of pyridine rings is 1. The molecule has 4 rings (SSSR count). The van der Waals surface area contributed by atoms with E-state index in [4.69, 9.17) is 9.26 Å². The molecule has 0 aliphatic carbocycles. The highest BCUT2D eigenvalue weighted by Gasteiger charge is 2.33. The summed E-state index contributed by atoms with van der Waals surface area (Å²) in [6.45, 7) is 4.54. The van der Waals surface area contributed by atoms with Gasteiger partial charge in [-0.2, -0.15) is 4.98 Å². The van der Waals surface area contributed by atoms with Gasteiger partial charge >= 0.3 is 0 Å². The first-order valence-electron chi connectivity index (χ1n) is 7.79. The van der Waals surface area contributed by atoms with Gasteiger partial charge in [-0.25, -0.2) is 4.98 Å². The van der Waals surface area contributed by atoms with Crippen molar-refractivity contribution >= 4 is 16.9 Å². The van der Waals surface area contributed by atoms with Crippen molar-refractivity contribution in [1.82, 2.24) is 25.0 Å². The molecule has 124 valence electrons. The van der Waals surface area contributed by atoms with Crippen LogP contribution < -0.4 is 0 Å². The van der Waals surface area contributed by atoms with Crippen LogP contribution in [0.3, 0.4) is 0 Å². The molecule has 3 aromatic rings. The van der Waals surface area contributed by atoms with Crippen LogP contribution in [0.4, 0.5) is 0 Å². The molecule has 24 heavy (non-hydrogen) atoms.